The lowest BCUT2D eigenvalue weighted by Crippen LogP contribution is -2.67. The third kappa shape index (κ3) is 7.44. The molecule has 0 amide bonds. The molecule has 0 bridgehead atoms. The van der Waals surface area contributed by atoms with E-state index in [1.807, 2.05) is 0 Å². The molecule has 21 nitrogen and oxygen atoms in total. The van der Waals surface area contributed by atoms with Crippen molar-refractivity contribution in [1.29, 1.82) is 0 Å². The van der Waals surface area contributed by atoms with Crippen LogP contribution in [0.2, 0.25) is 0 Å². The standard InChI is InChI=1S/C24H42O21/c25-1-5-9(29)10(30)15(35)22(40-5)44-19-7(3-27)42-24(17(37)12(19)32)45-20-8(4-28)41-23(16(36)13(20)33)43-18-6(2-26)39-21(38)14(34)11(18)31/h5-38H,1-4H2/t5-,6-,7-,8-,9-,10+,11-,12-,13-,14+,15-,16+,17-,18-,19-,20-,21?,22+,23+,24+/m1/s1. The number of aliphatic hydroxyl groups is 14. The van der Waals surface area contributed by atoms with Gasteiger partial charge in [0.1, 0.15) is 97.7 Å². The topological polar surface area (TPSA) is 348 Å². The van der Waals surface area contributed by atoms with Crippen LogP contribution in [0.25, 0.3) is 0 Å². The summed E-state index contributed by atoms with van der Waals surface area (Å²) in [5.74, 6) is 0. The Hall–Kier alpha value is -0.840. The maximum Gasteiger partial charge on any atom is 0.187 e. The zero-order chi connectivity index (χ0) is 33.3. The third-order valence-electron chi connectivity index (χ3n) is 8.20. The highest BCUT2D eigenvalue weighted by molar-refractivity contribution is 4.97. The van der Waals surface area contributed by atoms with Crippen molar-refractivity contribution in [2.75, 3.05) is 26.4 Å². The second-order valence-electron chi connectivity index (χ2n) is 11.1. The highest BCUT2D eigenvalue weighted by Crippen LogP contribution is 2.34. The van der Waals surface area contributed by atoms with Crippen molar-refractivity contribution >= 4 is 0 Å². The van der Waals surface area contributed by atoms with E-state index in [2.05, 4.69) is 0 Å². The lowest BCUT2D eigenvalue weighted by molar-refractivity contribution is -0.387. The van der Waals surface area contributed by atoms with Crippen molar-refractivity contribution in [3.05, 3.63) is 0 Å². The predicted octanol–water partition coefficient (Wildman–Crippen LogP) is -9.75. The predicted molar refractivity (Wildman–Crippen MR) is 134 cm³/mol. The minimum atomic E-state index is -2.02. The van der Waals surface area contributed by atoms with E-state index in [0.29, 0.717) is 0 Å². The summed E-state index contributed by atoms with van der Waals surface area (Å²) in [4.78, 5) is 0. The van der Waals surface area contributed by atoms with Crippen LogP contribution in [0.15, 0.2) is 0 Å². The molecule has 14 N–H and O–H groups in total. The normalized spacial score (nSPS) is 52.9. The minimum absolute atomic E-state index is 0.784. The fourth-order valence-electron chi connectivity index (χ4n) is 5.55. The van der Waals surface area contributed by atoms with Crippen molar-refractivity contribution in [3.8, 4) is 0 Å². The van der Waals surface area contributed by atoms with Gasteiger partial charge in [-0.1, -0.05) is 0 Å². The highest BCUT2D eigenvalue weighted by Gasteiger charge is 2.55. The maximum atomic E-state index is 10.9. The summed E-state index contributed by atoms with van der Waals surface area (Å²) >= 11 is 0. The van der Waals surface area contributed by atoms with Gasteiger partial charge in [0.05, 0.1) is 26.4 Å². The molecule has 0 aromatic heterocycles. The first-order chi connectivity index (χ1) is 21.3. The van der Waals surface area contributed by atoms with Crippen LogP contribution in [0.5, 0.6) is 0 Å². The molecule has 4 rings (SSSR count). The molecule has 4 saturated heterocycles. The van der Waals surface area contributed by atoms with Crippen LogP contribution >= 0.6 is 0 Å². The summed E-state index contributed by atoms with van der Waals surface area (Å²) in [6.07, 6.45) is -35.3. The molecule has 4 heterocycles. The second-order valence-corrected chi connectivity index (χ2v) is 11.1. The number of aliphatic hydroxyl groups excluding tert-OH is 14. The van der Waals surface area contributed by atoms with Crippen molar-refractivity contribution < 1.29 is 105 Å². The van der Waals surface area contributed by atoms with Crippen LogP contribution in [0.1, 0.15) is 0 Å². The van der Waals surface area contributed by atoms with Crippen LogP contribution < -0.4 is 0 Å². The second kappa shape index (κ2) is 15.6. The Morgan fingerprint density at radius 3 is 1.02 bits per heavy atom. The van der Waals surface area contributed by atoms with E-state index in [1.165, 1.54) is 0 Å². The van der Waals surface area contributed by atoms with Crippen molar-refractivity contribution in [1.82, 2.24) is 0 Å². The van der Waals surface area contributed by atoms with Crippen LogP contribution in [0.4, 0.5) is 0 Å². The first-order valence-electron chi connectivity index (χ1n) is 14.1. The molecule has 0 aromatic carbocycles. The molecule has 0 spiro atoms. The molecule has 20 atom stereocenters. The molecular formula is C24H42O21. The van der Waals surface area contributed by atoms with E-state index in [4.69, 9.17) is 33.2 Å². The number of rotatable bonds is 10. The maximum absolute atomic E-state index is 10.9. The average Bonchev–Trinajstić information content (AvgIpc) is 3.03. The molecule has 0 aliphatic carbocycles. The van der Waals surface area contributed by atoms with E-state index in [1.54, 1.807) is 0 Å². The van der Waals surface area contributed by atoms with Gasteiger partial charge >= 0.3 is 0 Å². The van der Waals surface area contributed by atoms with Gasteiger partial charge < -0.3 is 105 Å². The smallest absolute Gasteiger partial charge is 0.187 e. The third-order valence-corrected chi connectivity index (χ3v) is 8.20. The molecule has 4 aliphatic heterocycles. The molecule has 1 unspecified atom stereocenters. The van der Waals surface area contributed by atoms with Gasteiger partial charge in [-0.05, 0) is 0 Å². The summed E-state index contributed by atoms with van der Waals surface area (Å²) in [5, 5.41) is 142. The molecular weight excluding hydrogens is 624 g/mol. The van der Waals surface area contributed by atoms with E-state index < -0.39 is 149 Å². The van der Waals surface area contributed by atoms with Crippen LogP contribution in [0, 0.1) is 0 Å². The quantitative estimate of drug-likeness (QED) is 0.103. The first kappa shape index (κ1) is 37.0. The lowest BCUT2D eigenvalue weighted by atomic mass is 9.95. The molecule has 264 valence electrons. The van der Waals surface area contributed by atoms with Gasteiger partial charge in [-0.2, -0.15) is 0 Å². The van der Waals surface area contributed by atoms with E-state index in [9.17, 15) is 71.5 Å². The lowest BCUT2D eigenvalue weighted by Gasteiger charge is -2.49. The monoisotopic (exact) mass is 666 g/mol. The fourth-order valence-corrected chi connectivity index (χ4v) is 5.55. The van der Waals surface area contributed by atoms with Gasteiger partial charge in [-0.3, -0.25) is 0 Å². The van der Waals surface area contributed by atoms with Crippen molar-refractivity contribution in [3.63, 3.8) is 0 Å². The van der Waals surface area contributed by atoms with Crippen LogP contribution in [-0.4, -0.2) is 221 Å². The largest absolute Gasteiger partial charge is 0.394 e. The summed E-state index contributed by atoms with van der Waals surface area (Å²) in [5.41, 5.74) is 0. The zero-order valence-corrected chi connectivity index (χ0v) is 23.5. The Bertz CT molecular complexity index is 910. The molecule has 0 aromatic rings. The SMILES string of the molecule is OC[C@H]1O[C@@H](O[C@H]2[C@H](O)[C@@H](O)[C@H](O[C@H]3[C@H](O)[C@H](O)[C@H](O[C@H]4[C@H](O)[C@H](O)C(O)O[C@@H]4CO)O[C@@H]3CO)O[C@@H]2CO)[C@H](O)[C@@H](O)[C@@H]1O. The number of ether oxygens (including phenoxy) is 7. The Labute approximate surface area is 254 Å². The summed E-state index contributed by atoms with van der Waals surface area (Å²) in [6.45, 7) is -3.39. The summed E-state index contributed by atoms with van der Waals surface area (Å²) < 4.78 is 37.7. The van der Waals surface area contributed by atoms with Gasteiger partial charge in [0.25, 0.3) is 0 Å². The number of hydrogen-bond donors (Lipinski definition) is 14. The van der Waals surface area contributed by atoms with Crippen molar-refractivity contribution in [2.45, 2.75) is 123 Å². The van der Waals surface area contributed by atoms with Gasteiger partial charge in [0.2, 0.25) is 0 Å². The fraction of sp³-hybridized carbons (Fsp3) is 1.00. The highest BCUT2D eigenvalue weighted by atomic mass is 16.8. The zero-order valence-electron chi connectivity index (χ0n) is 23.5. The number of hydrogen-bond acceptors (Lipinski definition) is 21. The van der Waals surface area contributed by atoms with Gasteiger partial charge in [0, 0.05) is 0 Å². The Morgan fingerprint density at radius 2 is 0.644 bits per heavy atom. The minimum Gasteiger partial charge on any atom is -0.394 e. The first-order valence-corrected chi connectivity index (χ1v) is 14.1. The van der Waals surface area contributed by atoms with E-state index in [-0.39, 0.29) is 0 Å². The Balaban J connectivity index is 1.43. The molecule has 4 aliphatic rings. The van der Waals surface area contributed by atoms with Crippen LogP contribution in [-0.2, 0) is 33.2 Å². The van der Waals surface area contributed by atoms with Gasteiger partial charge in [-0.25, -0.2) is 0 Å². The Kier molecular flexibility index (Phi) is 12.8. The molecule has 45 heavy (non-hydrogen) atoms. The van der Waals surface area contributed by atoms with Crippen LogP contribution in [0.3, 0.4) is 0 Å². The Morgan fingerprint density at radius 1 is 0.333 bits per heavy atom. The van der Waals surface area contributed by atoms with Gasteiger partial charge in [0.15, 0.2) is 25.2 Å². The average molecular weight is 667 g/mol. The van der Waals surface area contributed by atoms with E-state index in [0.717, 1.165) is 0 Å². The van der Waals surface area contributed by atoms with Gasteiger partial charge in [-0.15, -0.1) is 0 Å². The summed E-state index contributed by atoms with van der Waals surface area (Å²) in [6, 6.07) is 0. The molecule has 0 radical (unpaired) electrons. The van der Waals surface area contributed by atoms with Crippen molar-refractivity contribution in [2.24, 2.45) is 0 Å². The summed E-state index contributed by atoms with van der Waals surface area (Å²) in [7, 11) is 0. The molecule has 4 fully saturated rings. The molecule has 0 saturated carbocycles. The van der Waals surface area contributed by atoms with E-state index >= 15 is 0 Å². The molecule has 21 heteroatoms.